The normalized spacial score (nSPS) is 55.9. The van der Waals surface area contributed by atoms with Crippen LogP contribution < -0.4 is 0 Å². The van der Waals surface area contributed by atoms with Crippen LogP contribution in [0.25, 0.3) is 0 Å². The Labute approximate surface area is 376 Å². The van der Waals surface area contributed by atoms with Crippen molar-refractivity contribution in [2.75, 3.05) is 19.8 Å². The largest absolute Gasteiger partial charge is 0.394 e. The van der Waals surface area contributed by atoms with Crippen LogP contribution in [-0.4, -0.2) is 180 Å². The van der Waals surface area contributed by atoms with E-state index in [1.807, 2.05) is 0 Å². The molecule has 17 heteroatoms. The van der Waals surface area contributed by atoms with Gasteiger partial charge in [-0.15, -0.1) is 0 Å². The summed E-state index contributed by atoms with van der Waals surface area (Å²) in [4.78, 5) is 0. The average Bonchev–Trinajstić information content (AvgIpc) is 3.22. The minimum atomic E-state index is -1.69. The van der Waals surface area contributed by atoms with Crippen molar-refractivity contribution in [1.82, 2.24) is 0 Å². The maximum Gasteiger partial charge on any atom is 0.187 e. The minimum absolute atomic E-state index is 0.00716. The van der Waals surface area contributed by atoms with Crippen molar-refractivity contribution in [2.24, 2.45) is 50.2 Å². The molecule has 24 atom stereocenters. The summed E-state index contributed by atoms with van der Waals surface area (Å²) in [6.45, 7) is 16.4. The number of aliphatic hydroxyl groups excluding tert-OH is 11. The van der Waals surface area contributed by atoms with Crippen molar-refractivity contribution in [3.05, 3.63) is 11.6 Å². The monoisotopic (exact) mass is 915 g/mol. The van der Waals surface area contributed by atoms with Crippen molar-refractivity contribution in [1.29, 1.82) is 0 Å². The van der Waals surface area contributed by atoms with Crippen molar-refractivity contribution >= 4 is 0 Å². The van der Waals surface area contributed by atoms with Crippen LogP contribution in [0.2, 0.25) is 0 Å². The van der Waals surface area contributed by atoms with Crippen LogP contribution in [0.4, 0.5) is 0 Å². The van der Waals surface area contributed by atoms with E-state index in [1.54, 1.807) is 0 Å². The Balaban J connectivity index is 1.12. The molecule has 0 spiro atoms. The Morgan fingerprint density at radius 2 is 1.20 bits per heavy atom. The van der Waals surface area contributed by atoms with Gasteiger partial charge in [0, 0.05) is 5.41 Å². The van der Waals surface area contributed by atoms with E-state index in [1.165, 1.54) is 5.57 Å². The SMILES string of the molecule is CC1(C)CC[C@]2(C)[C@@H](O[C@@H]3O[C@H](CO)[C@@H](O)[C@H](O)[C@H]3O[C@@H]3OC[C@H](O)[C@H](O)[C@H]3O)C[C@]3(C)C(=CC[C@@H]4[C@@]5(C)CC[C@H](O[C@@H]6O[C@H](CO)[C@@H](O)[C@H](O)[C@H]6O)C(C)(C)[C@@H]5[C@H](O)C[C@]43C)[C@@H]2C1. The second-order valence-electron chi connectivity index (χ2n) is 23.4. The summed E-state index contributed by atoms with van der Waals surface area (Å²) < 4.78 is 37.4. The Morgan fingerprint density at radius 1 is 0.594 bits per heavy atom. The van der Waals surface area contributed by atoms with Gasteiger partial charge in [0.2, 0.25) is 0 Å². The number of aliphatic hydroxyl groups is 11. The van der Waals surface area contributed by atoms with Crippen molar-refractivity contribution in [3.8, 4) is 0 Å². The molecule has 8 aliphatic rings. The molecule has 3 saturated heterocycles. The summed E-state index contributed by atoms with van der Waals surface area (Å²) in [5, 5.41) is 119. The van der Waals surface area contributed by atoms with E-state index < -0.39 is 145 Å². The number of rotatable bonds is 8. The van der Waals surface area contributed by atoms with Gasteiger partial charge >= 0.3 is 0 Å². The molecule has 64 heavy (non-hydrogen) atoms. The first-order valence-corrected chi connectivity index (χ1v) is 23.7. The molecule has 0 radical (unpaired) electrons. The molecule has 368 valence electrons. The molecule has 0 amide bonds. The molecule has 3 aliphatic heterocycles. The number of hydrogen-bond donors (Lipinski definition) is 11. The lowest BCUT2D eigenvalue weighted by Gasteiger charge is -2.73. The molecule has 17 nitrogen and oxygen atoms in total. The molecule has 8 rings (SSSR count). The summed E-state index contributed by atoms with van der Waals surface area (Å²) in [7, 11) is 0. The number of ether oxygens (including phenoxy) is 6. The molecule has 3 heterocycles. The lowest BCUT2D eigenvalue weighted by atomic mass is 9.33. The highest BCUT2D eigenvalue weighted by Crippen LogP contribution is 2.76. The first kappa shape index (κ1) is 49.5. The highest BCUT2D eigenvalue weighted by atomic mass is 16.8. The van der Waals surface area contributed by atoms with Gasteiger partial charge in [0.1, 0.15) is 67.1 Å². The van der Waals surface area contributed by atoms with E-state index in [2.05, 4.69) is 61.5 Å². The third kappa shape index (κ3) is 7.62. The molecular weight excluding hydrogens is 836 g/mol. The maximum atomic E-state index is 12.7. The van der Waals surface area contributed by atoms with Crippen molar-refractivity contribution < 1.29 is 84.6 Å². The Morgan fingerprint density at radius 3 is 1.86 bits per heavy atom. The van der Waals surface area contributed by atoms with Crippen molar-refractivity contribution in [2.45, 2.75) is 211 Å². The fourth-order valence-electron chi connectivity index (χ4n) is 15.0. The van der Waals surface area contributed by atoms with E-state index in [4.69, 9.17) is 28.4 Å². The highest BCUT2D eigenvalue weighted by Gasteiger charge is 2.72. The zero-order chi connectivity index (χ0) is 46.9. The summed E-state index contributed by atoms with van der Waals surface area (Å²) in [5.41, 5.74) is -1.09. The van der Waals surface area contributed by atoms with Gasteiger partial charge in [-0.2, -0.15) is 0 Å². The first-order chi connectivity index (χ1) is 29.8. The zero-order valence-corrected chi connectivity index (χ0v) is 38.8. The van der Waals surface area contributed by atoms with E-state index in [0.717, 1.165) is 25.7 Å². The summed E-state index contributed by atoms with van der Waals surface area (Å²) >= 11 is 0. The van der Waals surface area contributed by atoms with Crippen molar-refractivity contribution in [3.63, 3.8) is 0 Å². The zero-order valence-electron chi connectivity index (χ0n) is 38.8. The number of fused-ring (bicyclic) bond motifs is 7. The summed E-state index contributed by atoms with van der Waals surface area (Å²) in [6, 6.07) is 0. The van der Waals surface area contributed by atoms with Crippen LogP contribution in [0.3, 0.4) is 0 Å². The Kier molecular flexibility index (Phi) is 13.3. The topological polar surface area (TPSA) is 278 Å². The van der Waals surface area contributed by atoms with Gasteiger partial charge in [-0.3, -0.25) is 0 Å². The third-order valence-corrected chi connectivity index (χ3v) is 19.0. The first-order valence-electron chi connectivity index (χ1n) is 23.7. The summed E-state index contributed by atoms with van der Waals surface area (Å²) in [5.74, 6) is -0.0869. The number of allylic oxidation sites excluding steroid dienone is 2. The quantitative estimate of drug-likeness (QED) is 0.115. The second kappa shape index (κ2) is 17.2. The minimum Gasteiger partial charge on any atom is -0.394 e. The molecular formula is C47H78O17. The van der Waals surface area contributed by atoms with Crippen LogP contribution in [0.5, 0.6) is 0 Å². The molecule has 0 aromatic rings. The van der Waals surface area contributed by atoms with Gasteiger partial charge in [-0.25, -0.2) is 0 Å². The lowest BCUT2D eigenvalue weighted by molar-refractivity contribution is -0.371. The second-order valence-corrected chi connectivity index (χ2v) is 23.4. The van der Waals surface area contributed by atoms with E-state index in [0.29, 0.717) is 25.7 Å². The molecule has 7 fully saturated rings. The summed E-state index contributed by atoms with van der Waals surface area (Å²) in [6.07, 6.45) is -14.0. The van der Waals surface area contributed by atoms with Gasteiger partial charge in [0.05, 0.1) is 38.1 Å². The van der Waals surface area contributed by atoms with Crippen LogP contribution in [0.15, 0.2) is 11.6 Å². The Hall–Kier alpha value is -0.940. The van der Waals surface area contributed by atoms with Gasteiger partial charge in [0.15, 0.2) is 18.9 Å². The van der Waals surface area contributed by atoms with Gasteiger partial charge in [-0.05, 0) is 96.2 Å². The van der Waals surface area contributed by atoms with Crippen LogP contribution in [0.1, 0.15) is 107 Å². The number of hydrogen-bond acceptors (Lipinski definition) is 17. The van der Waals surface area contributed by atoms with E-state index >= 15 is 0 Å². The standard InChI is InChI=1S/C47H78O17/c1-42(2)13-14-44(5)22(15-42)21-9-10-27-45(6)12-11-28(62-40-36(58)33(55)31(53)25(18-48)60-40)43(3,4)38(45)23(50)16-47(27,8)46(21,7)17-29(44)63-41-37(34(56)32(54)26(19-49)61-41)64-39-35(57)30(52)24(51)20-59-39/h9,22-41,48-58H,10-20H2,1-8H3/t22-,23+,24-,25+,26+,27+,28-,29-,30-,31+,32+,33-,34-,35+,36+,37+,38-,39-,40-,41-,44-,45+,46+,47+/m0/s1. The van der Waals surface area contributed by atoms with Gasteiger partial charge < -0.3 is 84.6 Å². The molecule has 0 aromatic heterocycles. The molecule has 11 N–H and O–H groups in total. The van der Waals surface area contributed by atoms with E-state index in [-0.39, 0.29) is 29.8 Å². The third-order valence-electron chi connectivity index (χ3n) is 19.0. The molecule has 0 aromatic carbocycles. The molecule has 5 aliphatic carbocycles. The smallest absolute Gasteiger partial charge is 0.187 e. The molecule has 0 unspecified atom stereocenters. The lowest BCUT2D eigenvalue weighted by Crippen LogP contribution is -2.70. The highest BCUT2D eigenvalue weighted by molar-refractivity contribution is 5.35. The van der Waals surface area contributed by atoms with Gasteiger partial charge in [0.25, 0.3) is 0 Å². The fourth-order valence-corrected chi connectivity index (χ4v) is 15.0. The van der Waals surface area contributed by atoms with Crippen LogP contribution >= 0.6 is 0 Å². The molecule has 0 bridgehead atoms. The predicted octanol–water partition coefficient (Wildman–Crippen LogP) is 0.222. The van der Waals surface area contributed by atoms with Gasteiger partial charge in [-0.1, -0.05) is 67.0 Å². The Bertz CT molecular complexity index is 1710. The average molecular weight is 915 g/mol. The predicted molar refractivity (Wildman–Crippen MR) is 225 cm³/mol. The van der Waals surface area contributed by atoms with E-state index in [9.17, 15) is 56.2 Å². The maximum absolute atomic E-state index is 12.7. The fraction of sp³-hybridized carbons (Fsp3) is 0.957. The van der Waals surface area contributed by atoms with Crippen LogP contribution in [0, 0.1) is 50.2 Å². The van der Waals surface area contributed by atoms with Crippen LogP contribution in [-0.2, 0) is 28.4 Å². The molecule has 4 saturated carbocycles.